The first-order valence-corrected chi connectivity index (χ1v) is 7.75. The molecule has 3 rings (SSSR count). The van der Waals surface area contributed by atoms with Crippen LogP contribution in [0, 0.1) is 17.8 Å². The second-order valence-electron chi connectivity index (χ2n) is 6.70. The molecule has 6 atom stereocenters. The average molecular weight is 267 g/mol. The van der Waals surface area contributed by atoms with Gasteiger partial charge in [-0.25, -0.2) is 4.79 Å². The number of fused-ring (bicyclic) bond motifs is 2. The SMILES string of the molecule is CC(NCC1CCC(C(=O)O)O1)C1CC2CCC1C2. The Kier molecular flexibility index (Phi) is 3.81. The quantitative estimate of drug-likeness (QED) is 0.800. The molecule has 2 saturated carbocycles. The molecular weight excluding hydrogens is 242 g/mol. The van der Waals surface area contributed by atoms with Crippen molar-refractivity contribution in [2.45, 2.75) is 63.7 Å². The Morgan fingerprint density at radius 3 is 2.74 bits per heavy atom. The van der Waals surface area contributed by atoms with Gasteiger partial charge in [-0.2, -0.15) is 0 Å². The molecule has 2 aliphatic carbocycles. The first kappa shape index (κ1) is 13.4. The van der Waals surface area contributed by atoms with Crippen LogP contribution in [-0.2, 0) is 9.53 Å². The van der Waals surface area contributed by atoms with Crippen LogP contribution in [0.1, 0.15) is 45.4 Å². The second kappa shape index (κ2) is 5.41. The highest BCUT2D eigenvalue weighted by molar-refractivity contribution is 5.72. The highest BCUT2D eigenvalue weighted by Gasteiger charge is 2.41. The summed E-state index contributed by atoms with van der Waals surface area (Å²) in [6, 6.07) is 0.544. The summed E-state index contributed by atoms with van der Waals surface area (Å²) in [5.74, 6) is 1.93. The molecule has 108 valence electrons. The molecular formula is C15H25NO3. The predicted octanol–water partition coefficient (Wildman–Crippen LogP) is 2.03. The number of rotatable bonds is 5. The van der Waals surface area contributed by atoms with Crippen LogP contribution < -0.4 is 5.32 Å². The number of ether oxygens (including phenoxy) is 1. The molecule has 0 aromatic carbocycles. The average Bonchev–Trinajstić information content (AvgIpc) is 3.11. The summed E-state index contributed by atoms with van der Waals surface area (Å²) in [6.45, 7) is 3.09. The first-order chi connectivity index (χ1) is 9.13. The molecule has 0 radical (unpaired) electrons. The van der Waals surface area contributed by atoms with Crippen LogP contribution in [0.2, 0.25) is 0 Å². The van der Waals surface area contributed by atoms with E-state index < -0.39 is 12.1 Å². The Morgan fingerprint density at radius 2 is 2.16 bits per heavy atom. The van der Waals surface area contributed by atoms with Gasteiger partial charge in [0.1, 0.15) is 0 Å². The summed E-state index contributed by atoms with van der Waals surface area (Å²) in [4.78, 5) is 10.8. The second-order valence-corrected chi connectivity index (χ2v) is 6.70. The zero-order valence-electron chi connectivity index (χ0n) is 11.7. The zero-order chi connectivity index (χ0) is 13.4. The fourth-order valence-electron chi connectivity index (χ4n) is 4.41. The normalized spacial score (nSPS) is 42.7. The molecule has 6 unspecified atom stereocenters. The summed E-state index contributed by atoms with van der Waals surface area (Å²) in [7, 11) is 0. The van der Waals surface area contributed by atoms with E-state index in [2.05, 4.69) is 12.2 Å². The van der Waals surface area contributed by atoms with E-state index in [1.54, 1.807) is 0 Å². The maximum absolute atomic E-state index is 10.8. The van der Waals surface area contributed by atoms with Crippen molar-refractivity contribution >= 4 is 5.97 Å². The van der Waals surface area contributed by atoms with E-state index in [-0.39, 0.29) is 6.10 Å². The van der Waals surface area contributed by atoms with Crippen LogP contribution in [0.5, 0.6) is 0 Å². The number of nitrogens with one attached hydrogen (secondary N) is 1. The van der Waals surface area contributed by atoms with E-state index in [4.69, 9.17) is 9.84 Å². The fourth-order valence-corrected chi connectivity index (χ4v) is 4.41. The maximum Gasteiger partial charge on any atom is 0.332 e. The summed E-state index contributed by atoms with van der Waals surface area (Å²) in [5.41, 5.74) is 0. The Labute approximate surface area is 114 Å². The monoisotopic (exact) mass is 267 g/mol. The van der Waals surface area contributed by atoms with Gasteiger partial charge in [-0.3, -0.25) is 0 Å². The molecule has 19 heavy (non-hydrogen) atoms. The van der Waals surface area contributed by atoms with Gasteiger partial charge >= 0.3 is 5.97 Å². The molecule has 2 bridgehead atoms. The molecule has 1 saturated heterocycles. The lowest BCUT2D eigenvalue weighted by Crippen LogP contribution is -2.40. The van der Waals surface area contributed by atoms with E-state index in [0.717, 1.165) is 30.7 Å². The van der Waals surface area contributed by atoms with E-state index in [9.17, 15) is 4.79 Å². The molecule has 3 aliphatic rings. The highest BCUT2D eigenvalue weighted by Crippen LogP contribution is 2.49. The van der Waals surface area contributed by atoms with Gasteiger partial charge in [-0.15, -0.1) is 0 Å². The van der Waals surface area contributed by atoms with E-state index in [1.807, 2.05) is 0 Å². The number of carboxylic acids is 1. The Balaban J connectivity index is 1.42. The summed E-state index contributed by atoms with van der Waals surface area (Å²) >= 11 is 0. The van der Waals surface area contributed by atoms with Gasteiger partial charge in [0.2, 0.25) is 0 Å². The molecule has 1 heterocycles. The molecule has 0 amide bonds. The zero-order valence-corrected chi connectivity index (χ0v) is 11.7. The maximum atomic E-state index is 10.8. The summed E-state index contributed by atoms with van der Waals surface area (Å²) in [5, 5.41) is 12.5. The van der Waals surface area contributed by atoms with Crippen LogP contribution in [0.15, 0.2) is 0 Å². The van der Waals surface area contributed by atoms with Crippen molar-refractivity contribution in [3.05, 3.63) is 0 Å². The van der Waals surface area contributed by atoms with Gasteiger partial charge in [0.25, 0.3) is 0 Å². The minimum atomic E-state index is -0.816. The van der Waals surface area contributed by atoms with Crippen LogP contribution in [0.25, 0.3) is 0 Å². The van der Waals surface area contributed by atoms with Gasteiger partial charge in [0.05, 0.1) is 6.10 Å². The van der Waals surface area contributed by atoms with Crippen LogP contribution >= 0.6 is 0 Å². The number of hydrogen-bond acceptors (Lipinski definition) is 3. The van der Waals surface area contributed by atoms with Crippen molar-refractivity contribution in [2.24, 2.45) is 17.8 Å². The van der Waals surface area contributed by atoms with Crippen LogP contribution in [0.4, 0.5) is 0 Å². The lowest BCUT2D eigenvalue weighted by atomic mass is 9.84. The Morgan fingerprint density at radius 1 is 1.32 bits per heavy atom. The van der Waals surface area contributed by atoms with Crippen molar-refractivity contribution in [1.82, 2.24) is 5.32 Å². The Hall–Kier alpha value is -0.610. The molecule has 3 fully saturated rings. The van der Waals surface area contributed by atoms with Crippen molar-refractivity contribution in [2.75, 3.05) is 6.54 Å². The van der Waals surface area contributed by atoms with Gasteiger partial charge in [0.15, 0.2) is 6.10 Å². The predicted molar refractivity (Wildman–Crippen MR) is 71.9 cm³/mol. The Bertz CT molecular complexity index is 346. The third-order valence-electron chi connectivity index (χ3n) is 5.49. The fraction of sp³-hybridized carbons (Fsp3) is 0.933. The van der Waals surface area contributed by atoms with Crippen molar-refractivity contribution in [1.29, 1.82) is 0 Å². The molecule has 4 heteroatoms. The summed E-state index contributed by atoms with van der Waals surface area (Å²) < 4.78 is 5.54. The molecule has 0 aromatic rings. The lowest BCUT2D eigenvalue weighted by molar-refractivity contribution is -0.149. The molecule has 4 nitrogen and oxygen atoms in total. The van der Waals surface area contributed by atoms with Crippen molar-refractivity contribution < 1.29 is 14.6 Å². The highest BCUT2D eigenvalue weighted by atomic mass is 16.5. The van der Waals surface area contributed by atoms with Gasteiger partial charge < -0.3 is 15.2 Å². The third kappa shape index (κ3) is 2.79. The molecule has 1 aliphatic heterocycles. The van der Waals surface area contributed by atoms with Crippen molar-refractivity contribution in [3.63, 3.8) is 0 Å². The minimum Gasteiger partial charge on any atom is -0.479 e. The largest absolute Gasteiger partial charge is 0.479 e. The standard InChI is InChI=1S/C15H25NO3/c1-9(13-7-10-2-3-11(13)6-10)16-8-12-4-5-14(19-12)15(17)18/h9-14,16H,2-8H2,1H3,(H,17,18). The smallest absolute Gasteiger partial charge is 0.332 e. The van der Waals surface area contributed by atoms with Gasteiger partial charge in [-0.05, 0) is 56.8 Å². The molecule has 0 aromatic heterocycles. The number of carboxylic acid groups (broad SMARTS) is 1. The summed E-state index contributed by atoms with van der Waals surface area (Å²) in [6.07, 6.45) is 6.73. The molecule has 0 spiro atoms. The topological polar surface area (TPSA) is 58.6 Å². The van der Waals surface area contributed by atoms with Crippen LogP contribution in [-0.4, -0.2) is 35.9 Å². The van der Waals surface area contributed by atoms with E-state index >= 15 is 0 Å². The minimum absolute atomic E-state index is 0.0853. The van der Waals surface area contributed by atoms with Gasteiger partial charge in [0, 0.05) is 12.6 Å². The van der Waals surface area contributed by atoms with Crippen molar-refractivity contribution in [3.8, 4) is 0 Å². The lowest BCUT2D eigenvalue weighted by Gasteiger charge is -2.29. The van der Waals surface area contributed by atoms with E-state index in [1.165, 1.54) is 25.7 Å². The number of carbonyl (C=O) groups is 1. The number of hydrogen-bond donors (Lipinski definition) is 2. The van der Waals surface area contributed by atoms with E-state index in [0.29, 0.717) is 12.5 Å². The first-order valence-electron chi connectivity index (χ1n) is 7.75. The molecule has 2 N–H and O–H groups in total. The third-order valence-corrected chi connectivity index (χ3v) is 5.49. The van der Waals surface area contributed by atoms with Crippen LogP contribution in [0.3, 0.4) is 0 Å². The number of aliphatic carboxylic acids is 1. The van der Waals surface area contributed by atoms with Gasteiger partial charge in [-0.1, -0.05) is 6.42 Å².